The van der Waals surface area contributed by atoms with Crippen molar-refractivity contribution in [2.45, 2.75) is 4.59 Å². The third kappa shape index (κ3) is 3.18. The van der Waals surface area contributed by atoms with E-state index in [0.717, 1.165) is 0 Å². The third-order valence-corrected chi connectivity index (χ3v) is 0.913. The molecule has 0 aromatic rings. The van der Waals surface area contributed by atoms with Crippen LogP contribution < -0.4 is 0 Å². The summed E-state index contributed by atoms with van der Waals surface area (Å²) >= 11 is 13.2. The summed E-state index contributed by atoms with van der Waals surface area (Å²) in [5, 5.41) is -1.89. The average Bonchev–Trinajstić information content (AvgIpc) is 1.62. The predicted octanol–water partition coefficient (Wildman–Crippen LogP) is 3.43. The molecule has 0 spiro atoms. The summed E-state index contributed by atoms with van der Waals surface area (Å²) in [4.78, 5) is 0. The number of hydrogen-bond donors (Lipinski definition) is 0. The standard InChI is InChI=1S/C3Cl3F3/c4-2(8)1(7)3(5,6)9/b2-1-. The summed E-state index contributed by atoms with van der Waals surface area (Å²) in [6.07, 6.45) is 0. The van der Waals surface area contributed by atoms with Crippen molar-refractivity contribution in [1.82, 2.24) is 0 Å². The molecule has 0 amide bonds. The number of rotatable bonds is 1. The molecule has 0 N–H and O–H groups in total. The molecule has 0 rings (SSSR count). The van der Waals surface area contributed by atoms with Gasteiger partial charge in [-0.1, -0.05) is 23.2 Å². The minimum atomic E-state index is -3.37. The minimum Gasteiger partial charge on any atom is -0.201 e. The molecule has 0 aliphatic carbocycles. The highest BCUT2D eigenvalue weighted by Crippen LogP contribution is 2.35. The van der Waals surface area contributed by atoms with Gasteiger partial charge in [-0.2, -0.15) is 8.78 Å². The van der Waals surface area contributed by atoms with E-state index >= 15 is 0 Å². The largest absolute Gasteiger partial charge is 0.313 e. The van der Waals surface area contributed by atoms with Gasteiger partial charge in [0.05, 0.1) is 0 Å². The first-order chi connectivity index (χ1) is 3.85. The van der Waals surface area contributed by atoms with Gasteiger partial charge in [0.1, 0.15) is 0 Å². The molecule has 6 heteroatoms. The Morgan fingerprint density at radius 1 is 1.22 bits per heavy atom. The lowest BCUT2D eigenvalue weighted by atomic mass is 10.6. The molecule has 0 bridgehead atoms. The van der Waals surface area contributed by atoms with Crippen LogP contribution in [-0.4, -0.2) is 4.59 Å². The Labute approximate surface area is 64.2 Å². The predicted molar refractivity (Wildman–Crippen MR) is 30.6 cm³/mol. The van der Waals surface area contributed by atoms with Crippen LogP contribution in [0.15, 0.2) is 11.1 Å². The van der Waals surface area contributed by atoms with Gasteiger partial charge in [-0.25, -0.2) is 4.39 Å². The number of hydrogen-bond acceptors (Lipinski definition) is 0. The zero-order chi connectivity index (χ0) is 7.65. The Morgan fingerprint density at radius 3 is 1.56 bits per heavy atom. The highest BCUT2D eigenvalue weighted by molar-refractivity contribution is 6.49. The van der Waals surface area contributed by atoms with Crippen LogP contribution in [0.5, 0.6) is 0 Å². The molecule has 54 valence electrons. The summed E-state index contributed by atoms with van der Waals surface area (Å²) < 4.78 is 31.7. The van der Waals surface area contributed by atoms with Gasteiger partial charge in [0.2, 0.25) is 11.1 Å². The smallest absolute Gasteiger partial charge is 0.201 e. The van der Waals surface area contributed by atoms with Crippen LogP contribution in [0, 0.1) is 0 Å². The fourth-order valence-corrected chi connectivity index (χ4v) is 0.500. The highest BCUT2D eigenvalue weighted by atomic mass is 35.5. The summed E-state index contributed by atoms with van der Waals surface area (Å²) in [5.41, 5.74) is 0. The minimum absolute atomic E-state index is 1.89. The summed E-state index contributed by atoms with van der Waals surface area (Å²) in [5.74, 6) is -2.03. The Balaban J connectivity index is 4.40. The van der Waals surface area contributed by atoms with E-state index < -0.39 is 15.7 Å². The van der Waals surface area contributed by atoms with Crippen LogP contribution in [0.3, 0.4) is 0 Å². The van der Waals surface area contributed by atoms with Crippen molar-refractivity contribution >= 4 is 34.8 Å². The second-order valence-electron chi connectivity index (χ2n) is 1.07. The van der Waals surface area contributed by atoms with Crippen molar-refractivity contribution in [2.24, 2.45) is 0 Å². The van der Waals surface area contributed by atoms with Gasteiger partial charge in [-0.05, 0) is 11.6 Å². The molecule has 0 atom stereocenters. The Morgan fingerprint density at radius 2 is 1.56 bits per heavy atom. The van der Waals surface area contributed by atoms with Gasteiger partial charge in [0.25, 0.3) is 0 Å². The summed E-state index contributed by atoms with van der Waals surface area (Å²) in [6.45, 7) is 0. The van der Waals surface area contributed by atoms with E-state index in [0.29, 0.717) is 0 Å². The molecule has 0 heterocycles. The van der Waals surface area contributed by atoms with Crippen molar-refractivity contribution in [3.63, 3.8) is 0 Å². The van der Waals surface area contributed by atoms with Crippen molar-refractivity contribution in [2.75, 3.05) is 0 Å². The first kappa shape index (κ1) is 9.40. The second-order valence-corrected chi connectivity index (χ2v) is 2.64. The Hall–Kier alpha value is 0.400. The topological polar surface area (TPSA) is 0 Å². The maximum Gasteiger partial charge on any atom is 0.313 e. The molecule has 0 aliphatic heterocycles. The van der Waals surface area contributed by atoms with Crippen LogP contribution in [0.2, 0.25) is 0 Å². The van der Waals surface area contributed by atoms with Crippen LogP contribution in [-0.2, 0) is 0 Å². The van der Waals surface area contributed by atoms with E-state index in [-0.39, 0.29) is 0 Å². The highest BCUT2D eigenvalue weighted by Gasteiger charge is 2.32. The van der Waals surface area contributed by atoms with Crippen molar-refractivity contribution in [3.05, 3.63) is 11.1 Å². The molecule has 0 aliphatic rings. The lowest BCUT2D eigenvalue weighted by Gasteiger charge is -2.03. The van der Waals surface area contributed by atoms with Gasteiger partial charge in [-0.3, -0.25) is 0 Å². The summed E-state index contributed by atoms with van der Waals surface area (Å²) in [7, 11) is 0. The van der Waals surface area contributed by atoms with Gasteiger partial charge < -0.3 is 0 Å². The molecule has 0 aromatic carbocycles. The van der Waals surface area contributed by atoms with Gasteiger partial charge >= 0.3 is 4.59 Å². The molecule has 0 saturated heterocycles. The normalized spacial score (nSPS) is 15.3. The third-order valence-electron chi connectivity index (χ3n) is 0.415. The molecule has 0 fully saturated rings. The van der Waals surface area contributed by atoms with Crippen molar-refractivity contribution < 1.29 is 13.2 Å². The zero-order valence-electron chi connectivity index (χ0n) is 3.77. The van der Waals surface area contributed by atoms with Crippen LogP contribution in [0.25, 0.3) is 0 Å². The zero-order valence-corrected chi connectivity index (χ0v) is 6.04. The van der Waals surface area contributed by atoms with E-state index in [1.807, 2.05) is 0 Å². The summed E-state index contributed by atoms with van der Waals surface area (Å²) in [6, 6.07) is 0. The molecule has 0 radical (unpaired) electrons. The molecular formula is C3Cl3F3. The molecule has 0 aromatic heterocycles. The fourth-order valence-electron chi connectivity index (χ4n) is 0.107. The van der Waals surface area contributed by atoms with Crippen molar-refractivity contribution in [1.29, 1.82) is 0 Å². The number of alkyl halides is 3. The van der Waals surface area contributed by atoms with E-state index in [2.05, 4.69) is 34.8 Å². The SMILES string of the molecule is F/C(Cl)=C(\F)C(F)(Cl)Cl. The van der Waals surface area contributed by atoms with Crippen LogP contribution in [0.1, 0.15) is 0 Å². The Kier molecular flexibility index (Phi) is 3.12. The molecule has 0 saturated carbocycles. The van der Waals surface area contributed by atoms with E-state index in [4.69, 9.17) is 0 Å². The van der Waals surface area contributed by atoms with E-state index in [9.17, 15) is 13.2 Å². The molecule has 0 unspecified atom stereocenters. The number of allylic oxidation sites excluding steroid dienone is 1. The second kappa shape index (κ2) is 2.99. The van der Waals surface area contributed by atoms with Crippen molar-refractivity contribution in [3.8, 4) is 0 Å². The maximum atomic E-state index is 11.8. The molecular weight excluding hydrogens is 199 g/mol. The monoisotopic (exact) mass is 198 g/mol. The molecule has 9 heavy (non-hydrogen) atoms. The van der Waals surface area contributed by atoms with Crippen LogP contribution >= 0.6 is 34.8 Å². The first-order valence-electron chi connectivity index (χ1n) is 1.63. The van der Waals surface area contributed by atoms with Gasteiger partial charge in [-0.15, -0.1) is 0 Å². The van der Waals surface area contributed by atoms with Crippen LogP contribution in [0.4, 0.5) is 13.2 Å². The van der Waals surface area contributed by atoms with Gasteiger partial charge in [0.15, 0.2) is 0 Å². The first-order valence-corrected chi connectivity index (χ1v) is 2.77. The molecule has 0 nitrogen and oxygen atoms in total. The lowest BCUT2D eigenvalue weighted by molar-refractivity contribution is 0.362. The Bertz CT molecular complexity index is 132. The van der Waals surface area contributed by atoms with Gasteiger partial charge in [0, 0.05) is 0 Å². The van der Waals surface area contributed by atoms with E-state index in [1.165, 1.54) is 0 Å². The quantitative estimate of drug-likeness (QED) is 0.568. The van der Waals surface area contributed by atoms with E-state index in [1.54, 1.807) is 0 Å². The number of halogens is 6. The lowest BCUT2D eigenvalue weighted by Crippen LogP contribution is -2.04. The maximum absolute atomic E-state index is 11.8. The average molecular weight is 199 g/mol. The fraction of sp³-hybridized carbons (Fsp3) is 0.333.